The summed E-state index contributed by atoms with van der Waals surface area (Å²) < 4.78 is 1.00. The molecule has 2 atom stereocenters. The average Bonchev–Trinajstić information content (AvgIpc) is 2.29. The van der Waals surface area contributed by atoms with Crippen LogP contribution in [0.3, 0.4) is 0 Å². The largest absolute Gasteiger partial charge is 0.389 e. The van der Waals surface area contributed by atoms with Gasteiger partial charge in [0.15, 0.2) is 0 Å². The number of anilines is 1. The van der Waals surface area contributed by atoms with Crippen LogP contribution in [0.2, 0.25) is 0 Å². The highest BCUT2D eigenvalue weighted by molar-refractivity contribution is 9.10. The van der Waals surface area contributed by atoms with E-state index in [1.807, 2.05) is 6.07 Å². The van der Waals surface area contributed by atoms with Crippen LogP contribution >= 0.6 is 15.9 Å². The first kappa shape index (κ1) is 12.9. The van der Waals surface area contributed by atoms with E-state index in [1.54, 1.807) is 6.92 Å². The zero-order valence-corrected chi connectivity index (χ0v) is 12.1. The minimum absolute atomic E-state index is 0.419. The zero-order valence-electron chi connectivity index (χ0n) is 10.5. The van der Waals surface area contributed by atoms with Crippen LogP contribution in [0, 0.1) is 0 Å². The summed E-state index contributed by atoms with van der Waals surface area (Å²) >= 11 is 3.55. The van der Waals surface area contributed by atoms with Gasteiger partial charge in [0, 0.05) is 22.7 Å². The maximum absolute atomic E-state index is 9.61. The van der Waals surface area contributed by atoms with E-state index in [-0.39, 0.29) is 0 Å². The van der Waals surface area contributed by atoms with Gasteiger partial charge in [0.25, 0.3) is 0 Å². The first-order valence-electron chi connectivity index (χ1n) is 6.33. The van der Waals surface area contributed by atoms with Crippen LogP contribution in [0.25, 0.3) is 0 Å². The standard InChI is InChI=1S/C14H20BrNO/c1-10-5-3-4-8-16(10)12-6-7-13(11(2)17)14(15)9-12/h6-7,9-11,17H,3-5,8H2,1-2H3/t10?,11-/m1/s1. The molecule has 2 rings (SSSR count). The normalized spacial score (nSPS) is 22.6. The fraction of sp³-hybridized carbons (Fsp3) is 0.571. The average molecular weight is 298 g/mol. The van der Waals surface area contributed by atoms with Crippen LogP contribution in [0.4, 0.5) is 5.69 Å². The summed E-state index contributed by atoms with van der Waals surface area (Å²) in [6.45, 7) is 5.22. The number of halogens is 1. The molecule has 1 aromatic carbocycles. The van der Waals surface area contributed by atoms with Crippen LogP contribution in [0.1, 0.15) is 44.8 Å². The number of hydrogen-bond donors (Lipinski definition) is 1. The quantitative estimate of drug-likeness (QED) is 0.895. The van der Waals surface area contributed by atoms with Crippen molar-refractivity contribution < 1.29 is 5.11 Å². The monoisotopic (exact) mass is 297 g/mol. The van der Waals surface area contributed by atoms with E-state index in [0.29, 0.717) is 6.04 Å². The lowest BCUT2D eigenvalue weighted by atomic mass is 10.0. The van der Waals surface area contributed by atoms with Crippen LogP contribution in [0.5, 0.6) is 0 Å². The molecule has 1 aromatic rings. The molecule has 0 aromatic heterocycles. The Morgan fingerprint density at radius 2 is 2.18 bits per heavy atom. The van der Waals surface area contributed by atoms with Crippen molar-refractivity contribution >= 4 is 21.6 Å². The van der Waals surface area contributed by atoms with Crippen LogP contribution in [-0.4, -0.2) is 17.7 Å². The van der Waals surface area contributed by atoms with Crippen molar-refractivity contribution in [1.29, 1.82) is 0 Å². The van der Waals surface area contributed by atoms with Crippen LogP contribution in [-0.2, 0) is 0 Å². The number of aliphatic hydroxyl groups is 1. The molecule has 1 aliphatic heterocycles. The molecule has 0 aliphatic carbocycles. The van der Waals surface area contributed by atoms with Crippen molar-refractivity contribution in [2.24, 2.45) is 0 Å². The lowest BCUT2D eigenvalue weighted by Crippen LogP contribution is -2.37. The topological polar surface area (TPSA) is 23.5 Å². The van der Waals surface area contributed by atoms with E-state index in [2.05, 4.69) is 39.9 Å². The van der Waals surface area contributed by atoms with Gasteiger partial charge in [-0.1, -0.05) is 22.0 Å². The Hall–Kier alpha value is -0.540. The van der Waals surface area contributed by atoms with Gasteiger partial charge in [-0.3, -0.25) is 0 Å². The summed E-state index contributed by atoms with van der Waals surface area (Å²) in [5.41, 5.74) is 2.21. The molecule has 1 N–H and O–H groups in total. The molecular weight excluding hydrogens is 278 g/mol. The summed E-state index contributed by atoms with van der Waals surface area (Å²) in [5, 5.41) is 9.61. The van der Waals surface area contributed by atoms with Gasteiger partial charge in [0.1, 0.15) is 0 Å². The molecule has 1 aliphatic rings. The van der Waals surface area contributed by atoms with E-state index < -0.39 is 6.10 Å². The van der Waals surface area contributed by atoms with Crippen molar-refractivity contribution in [2.45, 2.75) is 45.3 Å². The van der Waals surface area contributed by atoms with E-state index in [4.69, 9.17) is 0 Å². The highest BCUT2D eigenvalue weighted by atomic mass is 79.9. The predicted molar refractivity (Wildman–Crippen MR) is 75.4 cm³/mol. The second-order valence-electron chi connectivity index (χ2n) is 4.92. The Labute approximate surface area is 112 Å². The van der Waals surface area contributed by atoms with Gasteiger partial charge in [-0.05, 0) is 50.8 Å². The second-order valence-corrected chi connectivity index (χ2v) is 5.77. The molecule has 94 valence electrons. The summed E-state index contributed by atoms with van der Waals surface area (Å²) in [5.74, 6) is 0. The molecule has 17 heavy (non-hydrogen) atoms. The smallest absolute Gasteiger partial charge is 0.0772 e. The highest BCUT2D eigenvalue weighted by Crippen LogP contribution is 2.31. The Morgan fingerprint density at radius 1 is 1.41 bits per heavy atom. The first-order valence-corrected chi connectivity index (χ1v) is 7.13. The van der Waals surface area contributed by atoms with E-state index >= 15 is 0 Å². The lowest BCUT2D eigenvalue weighted by molar-refractivity contribution is 0.198. The fourth-order valence-corrected chi connectivity index (χ4v) is 3.21. The Balaban J connectivity index is 2.24. The molecule has 0 spiro atoms. The molecule has 3 heteroatoms. The van der Waals surface area contributed by atoms with Gasteiger partial charge in [-0.15, -0.1) is 0 Å². The Morgan fingerprint density at radius 3 is 2.76 bits per heavy atom. The van der Waals surface area contributed by atoms with Crippen LogP contribution in [0.15, 0.2) is 22.7 Å². The summed E-state index contributed by atoms with van der Waals surface area (Å²) in [7, 11) is 0. The van der Waals surface area contributed by atoms with Gasteiger partial charge in [0.2, 0.25) is 0 Å². The molecule has 1 saturated heterocycles. The molecule has 0 radical (unpaired) electrons. The van der Waals surface area contributed by atoms with Gasteiger partial charge in [-0.2, -0.15) is 0 Å². The number of hydrogen-bond acceptors (Lipinski definition) is 2. The van der Waals surface area contributed by atoms with Crippen molar-refractivity contribution in [3.63, 3.8) is 0 Å². The highest BCUT2D eigenvalue weighted by Gasteiger charge is 2.19. The lowest BCUT2D eigenvalue weighted by Gasteiger charge is -2.35. The van der Waals surface area contributed by atoms with Gasteiger partial charge >= 0.3 is 0 Å². The summed E-state index contributed by atoms with van der Waals surface area (Å²) in [4.78, 5) is 2.46. The van der Waals surface area contributed by atoms with Crippen LogP contribution < -0.4 is 4.90 Å². The summed E-state index contributed by atoms with van der Waals surface area (Å²) in [6.07, 6.45) is 3.47. The molecule has 0 amide bonds. The third kappa shape index (κ3) is 2.83. The number of rotatable bonds is 2. The maximum atomic E-state index is 9.61. The van der Waals surface area contributed by atoms with Crippen molar-refractivity contribution in [2.75, 3.05) is 11.4 Å². The summed E-state index contributed by atoms with van der Waals surface area (Å²) in [6, 6.07) is 6.89. The molecule has 2 nitrogen and oxygen atoms in total. The Bertz CT molecular complexity index is 392. The predicted octanol–water partition coefficient (Wildman–Crippen LogP) is 3.88. The van der Waals surface area contributed by atoms with Crippen molar-refractivity contribution in [3.8, 4) is 0 Å². The first-order chi connectivity index (χ1) is 8.09. The van der Waals surface area contributed by atoms with E-state index in [9.17, 15) is 5.11 Å². The third-order valence-electron chi connectivity index (χ3n) is 3.57. The molecule has 0 bridgehead atoms. The maximum Gasteiger partial charge on any atom is 0.0772 e. The minimum atomic E-state index is -0.419. The molecule has 1 unspecified atom stereocenters. The third-order valence-corrected chi connectivity index (χ3v) is 4.26. The fourth-order valence-electron chi connectivity index (χ4n) is 2.52. The Kier molecular flexibility index (Phi) is 4.10. The number of piperidine rings is 1. The molecule has 0 saturated carbocycles. The molecule has 1 fully saturated rings. The van der Waals surface area contributed by atoms with Gasteiger partial charge in [0.05, 0.1) is 6.10 Å². The number of aliphatic hydroxyl groups excluding tert-OH is 1. The SMILES string of the molecule is CC1CCCCN1c1ccc([C@@H](C)O)c(Br)c1. The molecule has 1 heterocycles. The number of benzene rings is 1. The van der Waals surface area contributed by atoms with Crippen molar-refractivity contribution in [3.05, 3.63) is 28.2 Å². The minimum Gasteiger partial charge on any atom is -0.389 e. The van der Waals surface area contributed by atoms with E-state index in [0.717, 1.165) is 16.6 Å². The van der Waals surface area contributed by atoms with Gasteiger partial charge in [-0.25, -0.2) is 0 Å². The number of nitrogens with zero attached hydrogens (tertiary/aromatic N) is 1. The van der Waals surface area contributed by atoms with Crippen molar-refractivity contribution in [1.82, 2.24) is 0 Å². The van der Waals surface area contributed by atoms with Gasteiger partial charge < -0.3 is 10.0 Å². The van der Waals surface area contributed by atoms with E-state index in [1.165, 1.54) is 24.9 Å². The zero-order chi connectivity index (χ0) is 12.4. The molecular formula is C14H20BrNO. The second kappa shape index (κ2) is 5.40.